The summed E-state index contributed by atoms with van der Waals surface area (Å²) < 4.78 is 4.94. The van der Waals surface area contributed by atoms with Crippen molar-refractivity contribution < 1.29 is 14.3 Å². The smallest absolute Gasteiger partial charge is 0.244 e. The summed E-state index contributed by atoms with van der Waals surface area (Å²) in [7, 11) is 3.54. The van der Waals surface area contributed by atoms with Crippen LogP contribution in [0.5, 0.6) is 0 Å². The number of rotatable bonds is 4. The third-order valence-electron chi connectivity index (χ3n) is 4.85. The predicted molar refractivity (Wildman–Crippen MR) is 79.9 cm³/mol. The molecule has 122 valence electrons. The molecule has 2 saturated heterocycles. The Balaban J connectivity index is 2.02. The highest BCUT2D eigenvalue weighted by Crippen LogP contribution is 2.32. The number of nitrogens with zero attached hydrogens (tertiary/aromatic N) is 4. The van der Waals surface area contributed by atoms with E-state index in [9.17, 15) is 9.59 Å². The van der Waals surface area contributed by atoms with Crippen molar-refractivity contribution in [3.63, 3.8) is 0 Å². The van der Waals surface area contributed by atoms with Crippen LogP contribution in [-0.4, -0.2) is 85.5 Å². The van der Waals surface area contributed by atoms with Gasteiger partial charge in [-0.25, -0.2) is 0 Å². The summed E-state index contributed by atoms with van der Waals surface area (Å²) in [5, 5.41) is 8.86. The van der Waals surface area contributed by atoms with Crippen LogP contribution in [0.25, 0.3) is 0 Å². The van der Waals surface area contributed by atoms with Crippen molar-refractivity contribution in [2.75, 3.05) is 53.5 Å². The molecule has 0 atom stereocenters. The van der Waals surface area contributed by atoms with Crippen LogP contribution in [0.1, 0.15) is 19.3 Å². The van der Waals surface area contributed by atoms with Crippen LogP contribution in [0.15, 0.2) is 0 Å². The summed E-state index contributed by atoms with van der Waals surface area (Å²) in [6.45, 7) is 3.10. The molecule has 22 heavy (non-hydrogen) atoms. The van der Waals surface area contributed by atoms with Gasteiger partial charge in [0.25, 0.3) is 0 Å². The van der Waals surface area contributed by atoms with Crippen LogP contribution in [0.4, 0.5) is 0 Å². The van der Waals surface area contributed by atoms with Gasteiger partial charge in [0.05, 0.1) is 19.1 Å². The van der Waals surface area contributed by atoms with Crippen molar-refractivity contribution in [1.29, 1.82) is 5.26 Å². The Morgan fingerprint density at radius 1 is 1.32 bits per heavy atom. The van der Waals surface area contributed by atoms with Crippen molar-refractivity contribution in [2.24, 2.45) is 0 Å². The zero-order valence-corrected chi connectivity index (χ0v) is 13.4. The summed E-state index contributed by atoms with van der Waals surface area (Å²) in [5.41, 5.74) is -0.548. The zero-order chi connectivity index (χ0) is 16.2. The number of hydrogen-bond acceptors (Lipinski definition) is 5. The van der Waals surface area contributed by atoms with E-state index in [1.54, 1.807) is 12.0 Å². The number of hydrogen-bond donors (Lipinski definition) is 0. The first-order valence-electron chi connectivity index (χ1n) is 7.69. The van der Waals surface area contributed by atoms with Gasteiger partial charge in [-0.1, -0.05) is 0 Å². The van der Waals surface area contributed by atoms with Crippen LogP contribution >= 0.6 is 0 Å². The minimum absolute atomic E-state index is 0.0341. The third-order valence-corrected chi connectivity index (χ3v) is 4.85. The summed E-state index contributed by atoms with van der Waals surface area (Å²) >= 11 is 0. The monoisotopic (exact) mass is 308 g/mol. The van der Waals surface area contributed by atoms with Crippen LogP contribution < -0.4 is 0 Å². The fourth-order valence-corrected chi connectivity index (χ4v) is 3.35. The standard InChI is InChI=1S/C15H24N4O3/c1-17-10-11-19(9-6-16)14(21)15(17)4-7-18(8-5-15)13(20)3-12-22-2/h3-5,7-12H2,1-2H3. The molecule has 0 unspecified atom stereocenters. The maximum Gasteiger partial charge on any atom is 0.244 e. The van der Waals surface area contributed by atoms with Gasteiger partial charge >= 0.3 is 0 Å². The fourth-order valence-electron chi connectivity index (χ4n) is 3.35. The molecule has 7 nitrogen and oxygen atoms in total. The van der Waals surface area contributed by atoms with Gasteiger partial charge in [-0.05, 0) is 19.9 Å². The number of nitriles is 1. The number of carbonyl (C=O) groups excluding carboxylic acids is 2. The molecule has 0 N–H and O–H groups in total. The number of amides is 2. The first-order valence-corrected chi connectivity index (χ1v) is 7.69. The van der Waals surface area contributed by atoms with Crippen LogP contribution in [0, 0.1) is 11.3 Å². The van der Waals surface area contributed by atoms with Gasteiger partial charge in [0.2, 0.25) is 11.8 Å². The molecular formula is C15H24N4O3. The Bertz CT molecular complexity index is 466. The van der Waals surface area contributed by atoms with Gasteiger partial charge in [0, 0.05) is 33.3 Å². The average molecular weight is 308 g/mol. The lowest BCUT2D eigenvalue weighted by atomic mass is 9.82. The minimum Gasteiger partial charge on any atom is -0.384 e. The quantitative estimate of drug-likeness (QED) is 0.665. The first kappa shape index (κ1) is 16.7. The first-order chi connectivity index (χ1) is 10.5. The molecule has 2 amide bonds. The average Bonchev–Trinajstić information content (AvgIpc) is 2.54. The van der Waals surface area contributed by atoms with Crippen LogP contribution in [0.2, 0.25) is 0 Å². The number of piperazine rings is 1. The molecule has 0 saturated carbocycles. The fraction of sp³-hybridized carbons (Fsp3) is 0.800. The summed E-state index contributed by atoms with van der Waals surface area (Å²) in [4.78, 5) is 30.4. The van der Waals surface area contributed by atoms with Gasteiger partial charge < -0.3 is 14.5 Å². The molecule has 0 aromatic carbocycles. The number of ether oxygens (including phenoxy) is 1. The topological polar surface area (TPSA) is 76.9 Å². The van der Waals surface area contributed by atoms with Crippen molar-refractivity contribution >= 4 is 11.8 Å². The van der Waals surface area contributed by atoms with Crippen molar-refractivity contribution in [1.82, 2.24) is 14.7 Å². The molecule has 0 aliphatic carbocycles. The molecule has 2 heterocycles. The molecule has 2 aliphatic rings. The summed E-state index contributed by atoms with van der Waals surface area (Å²) in [5.74, 6) is 0.114. The van der Waals surface area contributed by atoms with E-state index in [0.29, 0.717) is 45.5 Å². The van der Waals surface area contributed by atoms with E-state index in [0.717, 1.165) is 6.54 Å². The molecule has 0 bridgehead atoms. The Labute approximate surface area is 131 Å². The molecule has 2 fully saturated rings. The number of methoxy groups -OCH3 is 1. The minimum atomic E-state index is -0.548. The van der Waals surface area contributed by atoms with Crippen molar-refractivity contribution in [3.05, 3.63) is 0 Å². The van der Waals surface area contributed by atoms with E-state index >= 15 is 0 Å². The lowest BCUT2D eigenvalue weighted by Crippen LogP contribution is -2.68. The Morgan fingerprint density at radius 2 is 2.00 bits per heavy atom. The van der Waals surface area contributed by atoms with E-state index in [1.165, 1.54) is 0 Å². The summed E-state index contributed by atoms with van der Waals surface area (Å²) in [6, 6.07) is 2.06. The Hall–Kier alpha value is -1.65. The zero-order valence-electron chi connectivity index (χ0n) is 13.4. The van der Waals surface area contributed by atoms with Crippen molar-refractivity contribution in [3.8, 4) is 6.07 Å². The van der Waals surface area contributed by atoms with Gasteiger partial charge in [-0.15, -0.1) is 0 Å². The molecule has 0 radical (unpaired) electrons. The Kier molecular flexibility index (Phi) is 5.37. The van der Waals surface area contributed by atoms with E-state index in [-0.39, 0.29) is 18.4 Å². The van der Waals surface area contributed by atoms with E-state index in [4.69, 9.17) is 10.00 Å². The maximum atomic E-state index is 12.8. The maximum absolute atomic E-state index is 12.8. The normalized spacial score (nSPS) is 22.0. The molecule has 1 spiro atoms. The van der Waals surface area contributed by atoms with E-state index < -0.39 is 5.54 Å². The van der Waals surface area contributed by atoms with E-state index in [1.807, 2.05) is 11.9 Å². The highest BCUT2D eigenvalue weighted by molar-refractivity contribution is 5.88. The number of likely N-dealkylation sites (N-methyl/N-ethyl adjacent to an activating group) is 1. The van der Waals surface area contributed by atoms with Gasteiger partial charge in [0.1, 0.15) is 12.1 Å². The molecule has 2 aliphatic heterocycles. The van der Waals surface area contributed by atoms with Gasteiger partial charge in [-0.2, -0.15) is 5.26 Å². The lowest BCUT2D eigenvalue weighted by Gasteiger charge is -2.51. The van der Waals surface area contributed by atoms with Crippen molar-refractivity contribution in [2.45, 2.75) is 24.8 Å². The molecular weight excluding hydrogens is 284 g/mol. The molecule has 2 rings (SSSR count). The second kappa shape index (κ2) is 7.07. The highest BCUT2D eigenvalue weighted by atomic mass is 16.5. The molecule has 0 aromatic rings. The number of likely N-dealkylation sites (tertiary alicyclic amines) is 1. The van der Waals surface area contributed by atoms with Crippen LogP contribution in [0.3, 0.4) is 0 Å². The van der Waals surface area contributed by atoms with Gasteiger partial charge in [0.15, 0.2) is 0 Å². The largest absolute Gasteiger partial charge is 0.384 e. The molecule has 7 heteroatoms. The molecule has 0 aromatic heterocycles. The predicted octanol–water partition coefficient (Wildman–Crippen LogP) is -0.318. The Morgan fingerprint density at radius 3 is 2.59 bits per heavy atom. The van der Waals surface area contributed by atoms with E-state index in [2.05, 4.69) is 11.0 Å². The number of carbonyl (C=O) groups is 2. The second-order valence-corrected chi connectivity index (χ2v) is 5.96. The second-order valence-electron chi connectivity index (χ2n) is 5.96. The SMILES string of the molecule is COCCC(=O)N1CCC2(CC1)C(=O)N(CC#N)CCN2C. The number of piperidine rings is 1. The summed E-state index contributed by atoms with van der Waals surface area (Å²) in [6.07, 6.45) is 1.64. The lowest BCUT2D eigenvalue weighted by molar-refractivity contribution is -0.156. The third kappa shape index (κ3) is 3.08. The van der Waals surface area contributed by atoms with Gasteiger partial charge in [-0.3, -0.25) is 14.5 Å². The highest BCUT2D eigenvalue weighted by Gasteiger charge is 2.49. The van der Waals surface area contributed by atoms with Crippen LogP contribution in [-0.2, 0) is 14.3 Å².